The van der Waals surface area contributed by atoms with Crippen molar-refractivity contribution in [2.24, 2.45) is 0 Å². The topological polar surface area (TPSA) is 105 Å². The van der Waals surface area contributed by atoms with Crippen LogP contribution in [0.1, 0.15) is 380 Å². The van der Waals surface area contributed by atoms with Gasteiger partial charge in [-0.3, -0.25) is 13.8 Å². The molecular formula is C76H148N2O6P+. The number of hydrogen-bond acceptors (Lipinski definition) is 5. The predicted octanol–water partition coefficient (Wildman–Crippen LogP) is 24.2. The average molecular weight is 1220 g/mol. The molecule has 85 heavy (non-hydrogen) atoms. The van der Waals surface area contributed by atoms with Crippen LogP contribution in [-0.4, -0.2) is 73.4 Å². The van der Waals surface area contributed by atoms with E-state index in [1.807, 2.05) is 21.1 Å². The number of allylic oxidation sites excluding steroid dienone is 8. The zero-order valence-corrected chi connectivity index (χ0v) is 58.5. The van der Waals surface area contributed by atoms with Crippen LogP contribution in [0, 0.1) is 0 Å². The molecule has 3 N–H and O–H groups in total. The molecule has 0 aromatic heterocycles. The zero-order valence-electron chi connectivity index (χ0n) is 57.6. The number of carbonyl (C=O) groups is 1. The fraction of sp³-hybridized carbons (Fsp3) is 0.882. The lowest BCUT2D eigenvalue weighted by molar-refractivity contribution is -0.870. The van der Waals surface area contributed by atoms with Crippen molar-refractivity contribution < 1.29 is 32.9 Å². The zero-order chi connectivity index (χ0) is 61.9. The molecule has 0 spiro atoms. The van der Waals surface area contributed by atoms with Crippen LogP contribution in [0.15, 0.2) is 48.6 Å². The van der Waals surface area contributed by atoms with Gasteiger partial charge in [-0.25, -0.2) is 4.57 Å². The van der Waals surface area contributed by atoms with Gasteiger partial charge in [0.05, 0.1) is 39.9 Å². The van der Waals surface area contributed by atoms with Gasteiger partial charge in [-0.1, -0.05) is 371 Å². The largest absolute Gasteiger partial charge is 0.472 e. The molecule has 0 aromatic carbocycles. The first kappa shape index (κ1) is 83.5. The van der Waals surface area contributed by atoms with Gasteiger partial charge in [0.15, 0.2) is 0 Å². The maximum absolute atomic E-state index is 13.1. The molecule has 0 radical (unpaired) electrons. The summed E-state index contributed by atoms with van der Waals surface area (Å²) >= 11 is 0. The molecule has 0 aliphatic heterocycles. The first-order chi connectivity index (χ1) is 41.5. The molecule has 0 aliphatic carbocycles. The fourth-order valence-corrected chi connectivity index (χ4v) is 12.3. The van der Waals surface area contributed by atoms with E-state index in [0.717, 1.165) is 64.2 Å². The van der Waals surface area contributed by atoms with E-state index in [1.54, 1.807) is 0 Å². The standard InChI is InChI=1S/C76H147N2O6P/c1-6-8-10-12-14-16-18-20-22-24-26-28-30-32-34-36-38-39-40-42-44-46-48-50-52-54-56-58-60-62-64-66-68-70-76(80)77-74(73-84-85(81,82)83-72-71-78(3,4)5)75(79)69-67-65-63-61-59-57-55-53-51-49-47-45-43-41-37-35-33-31-29-27-25-23-21-19-17-15-13-11-9-7-2/h8,10,14,16,20,22,26,28,74-75,79H,6-7,9,11-13,15,17-19,21,23-25,27,29-73H2,1-5H3,(H-,77,80,81,82)/p+1/b10-8-,16-14-,22-20-,28-26-. The van der Waals surface area contributed by atoms with Crippen LogP contribution in [0.3, 0.4) is 0 Å². The number of aliphatic hydroxyl groups excluding tert-OH is 1. The van der Waals surface area contributed by atoms with Gasteiger partial charge >= 0.3 is 7.82 Å². The Kier molecular flexibility index (Phi) is 65.7. The van der Waals surface area contributed by atoms with E-state index in [0.29, 0.717) is 23.9 Å². The summed E-state index contributed by atoms with van der Waals surface area (Å²) < 4.78 is 23.9. The van der Waals surface area contributed by atoms with E-state index in [-0.39, 0.29) is 19.1 Å². The Bertz CT molecular complexity index is 1530. The first-order valence-electron chi connectivity index (χ1n) is 37.5. The Morgan fingerprint density at radius 3 is 1.04 bits per heavy atom. The summed E-state index contributed by atoms with van der Waals surface area (Å²) in [6, 6.07) is -0.762. The molecule has 1 amide bonds. The normalized spacial score (nSPS) is 13.8. The van der Waals surface area contributed by atoms with Crippen LogP contribution >= 0.6 is 7.82 Å². The Labute approximate surface area is 530 Å². The van der Waals surface area contributed by atoms with Crippen molar-refractivity contribution >= 4 is 13.7 Å². The smallest absolute Gasteiger partial charge is 0.391 e. The van der Waals surface area contributed by atoms with Gasteiger partial charge in [-0.2, -0.15) is 0 Å². The third kappa shape index (κ3) is 69.8. The minimum atomic E-state index is -4.33. The molecule has 9 heteroatoms. The van der Waals surface area contributed by atoms with Gasteiger partial charge in [0.25, 0.3) is 0 Å². The number of rotatable bonds is 70. The number of quaternary nitrogens is 1. The summed E-state index contributed by atoms with van der Waals surface area (Å²) in [5.74, 6) is -0.137. The quantitative estimate of drug-likeness (QED) is 0.0243. The molecule has 0 fully saturated rings. The SMILES string of the molecule is CC/C=C\C/C=C\C/C=C\C/C=C\CCCCCCCCCCCCCCCCCCCCCCC(=O)NC(COP(=O)(O)OCC[N+](C)(C)C)C(O)CCCCCCCCCCCCCCCCCCCCCCCCCCCCCCCC. The number of likely N-dealkylation sites (N-methyl/N-ethyl adjacent to an activating group) is 1. The van der Waals surface area contributed by atoms with Crippen LogP contribution in [0.4, 0.5) is 0 Å². The molecule has 0 bridgehead atoms. The van der Waals surface area contributed by atoms with Crippen molar-refractivity contribution in [2.45, 2.75) is 392 Å². The second-order valence-corrected chi connectivity index (χ2v) is 28.5. The van der Waals surface area contributed by atoms with Crippen molar-refractivity contribution in [3.05, 3.63) is 48.6 Å². The van der Waals surface area contributed by atoms with Gasteiger partial charge in [-0.05, 0) is 51.4 Å². The molecule has 8 nitrogen and oxygen atoms in total. The average Bonchev–Trinajstić information content (AvgIpc) is 3.49. The van der Waals surface area contributed by atoms with E-state index in [9.17, 15) is 19.4 Å². The van der Waals surface area contributed by atoms with Crippen LogP contribution in [0.5, 0.6) is 0 Å². The lowest BCUT2D eigenvalue weighted by Crippen LogP contribution is -2.46. The lowest BCUT2D eigenvalue weighted by Gasteiger charge is -2.26. The van der Waals surface area contributed by atoms with E-state index in [1.165, 1.54) is 289 Å². The van der Waals surface area contributed by atoms with E-state index >= 15 is 0 Å². The van der Waals surface area contributed by atoms with E-state index < -0.39 is 20.0 Å². The Morgan fingerprint density at radius 2 is 0.706 bits per heavy atom. The molecule has 0 heterocycles. The minimum Gasteiger partial charge on any atom is -0.391 e. The van der Waals surface area contributed by atoms with Gasteiger partial charge in [0, 0.05) is 6.42 Å². The van der Waals surface area contributed by atoms with Crippen LogP contribution in [0.2, 0.25) is 0 Å². The second-order valence-electron chi connectivity index (χ2n) is 27.0. The number of phosphoric acid groups is 1. The Morgan fingerprint density at radius 1 is 0.412 bits per heavy atom. The monoisotopic (exact) mass is 1220 g/mol. The molecule has 502 valence electrons. The summed E-state index contributed by atoms with van der Waals surface area (Å²) in [6.45, 7) is 4.84. The number of unbranched alkanes of at least 4 members (excludes halogenated alkanes) is 49. The Balaban J connectivity index is 3.96. The van der Waals surface area contributed by atoms with E-state index in [2.05, 4.69) is 67.8 Å². The molecule has 0 saturated heterocycles. The molecule has 0 aromatic rings. The van der Waals surface area contributed by atoms with Crippen molar-refractivity contribution in [3.8, 4) is 0 Å². The molecular weight excluding hydrogens is 1070 g/mol. The molecule has 0 aliphatic rings. The summed E-state index contributed by atoms with van der Waals surface area (Å²) in [5, 5.41) is 14.2. The van der Waals surface area contributed by atoms with Crippen molar-refractivity contribution in [2.75, 3.05) is 40.9 Å². The van der Waals surface area contributed by atoms with Crippen LogP contribution < -0.4 is 5.32 Å². The van der Waals surface area contributed by atoms with Gasteiger partial charge < -0.3 is 19.8 Å². The number of nitrogens with zero attached hydrogens (tertiary/aromatic N) is 1. The third-order valence-electron chi connectivity index (χ3n) is 17.3. The maximum Gasteiger partial charge on any atom is 0.472 e. The van der Waals surface area contributed by atoms with Crippen LogP contribution in [0.25, 0.3) is 0 Å². The highest BCUT2D eigenvalue weighted by molar-refractivity contribution is 7.47. The summed E-state index contributed by atoms with van der Waals surface area (Å²) in [7, 11) is 1.63. The second kappa shape index (κ2) is 66.9. The highest BCUT2D eigenvalue weighted by Crippen LogP contribution is 2.43. The fourth-order valence-electron chi connectivity index (χ4n) is 11.6. The summed E-state index contributed by atoms with van der Waals surface area (Å²) in [5.41, 5.74) is 0. The number of amides is 1. The number of carbonyl (C=O) groups excluding carboxylic acids is 1. The number of aliphatic hydroxyl groups is 1. The molecule has 0 saturated carbocycles. The lowest BCUT2D eigenvalue weighted by atomic mass is 10.0. The van der Waals surface area contributed by atoms with Crippen molar-refractivity contribution in [3.63, 3.8) is 0 Å². The minimum absolute atomic E-state index is 0.0764. The highest BCUT2D eigenvalue weighted by Gasteiger charge is 2.28. The predicted molar refractivity (Wildman–Crippen MR) is 374 cm³/mol. The summed E-state index contributed by atoms with van der Waals surface area (Å²) in [6.07, 6.45) is 90.9. The number of phosphoric ester groups is 1. The third-order valence-corrected chi connectivity index (χ3v) is 18.3. The van der Waals surface area contributed by atoms with Crippen LogP contribution in [-0.2, 0) is 18.4 Å². The highest BCUT2D eigenvalue weighted by atomic mass is 31.2. The molecule has 3 unspecified atom stereocenters. The number of hydrogen-bond donors (Lipinski definition) is 3. The van der Waals surface area contributed by atoms with Crippen molar-refractivity contribution in [1.82, 2.24) is 5.32 Å². The van der Waals surface area contributed by atoms with Gasteiger partial charge in [-0.15, -0.1) is 0 Å². The summed E-state index contributed by atoms with van der Waals surface area (Å²) in [4.78, 5) is 23.5. The number of nitrogens with one attached hydrogen (secondary N) is 1. The molecule has 0 rings (SSSR count). The van der Waals surface area contributed by atoms with Gasteiger partial charge in [0.2, 0.25) is 5.91 Å². The van der Waals surface area contributed by atoms with Crippen molar-refractivity contribution in [1.29, 1.82) is 0 Å². The first-order valence-corrected chi connectivity index (χ1v) is 39.0. The van der Waals surface area contributed by atoms with Gasteiger partial charge in [0.1, 0.15) is 13.2 Å². The Hall–Kier alpha value is -1.54. The van der Waals surface area contributed by atoms with E-state index in [4.69, 9.17) is 9.05 Å². The molecule has 3 atom stereocenters. The maximum atomic E-state index is 13.1.